The number of aryl methyl sites for hydroxylation is 1. The van der Waals surface area contributed by atoms with Crippen LogP contribution < -0.4 is 5.32 Å². The number of likely N-dealkylation sites (tertiary alicyclic amines) is 1. The van der Waals surface area contributed by atoms with Gasteiger partial charge in [-0.25, -0.2) is 0 Å². The van der Waals surface area contributed by atoms with E-state index in [-0.39, 0.29) is 11.3 Å². The van der Waals surface area contributed by atoms with Crippen LogP contribution in [0.1, 0.15) is 70.3 Å². The molecule has 0 spiro atoms. The fraction of sp³-hybridized carbons (Fsp3) is 0.625. The number of nitrogens with one attached hydrogen (secondary N) is 1. The molecule has 6 heteroatoms. The Morgan fingerprint density at radius 1 is 1.13 bits per heavy atom. The Labute approximate surface area is 180 Å². The summed E-state index contributed by atoms with van der Waals surface area (Å²) in [5.74, 6) is 2.73. The van der Waals surface area contributed by atoms with E-state index < -0.39 is 0 Å². The maximum Gasteiger partial charge on any atom is 0.227 e. The fourth-order valence-electron chi connectivity index (χ4n) is 4.11. The average molecular weight is 413 g/mol. The first-order valence-electron chi connectivity index (χ1n) is 11.1. The van der Waals surface area contributed by atoms with Crippen LogP contribution in [0.25, 0.3) is 0 Å². The number of hydrogen-bond acceptors (Lipinski definition) is 5. The van der Waals surface area contributed by atoms with Gasteiger partial charge in [-0.2, -0.15) is 4.98 Å². The van der Waals surface area contributed by atoms with Gasteiger partial charge in [0.05, 0.1) is 0 Å². The molecule has 0 radical (unpaired) electrons. The highest BCUT2D eigenvalue weighted by Crippen LogP contribution is 2.22. The third-order valence-electron chi connectivity index (χ3n) is 5.57. The first-order valence-corrected chi connectivity index (χ1v) is 11.1. The van der Waals surface area contributed by atoms with Crippen LogP contribution in [0.15, 0.2) is 28.8 Å². The van der Waals surface area contributed by atoms with Crippen LogP contribution in [0.2, 0.25) is 0 Å². The van der Waals surface area contributed by atoms with Gasteiger partial charge in [0.15, 0.2) is 5.82 Å². The van der Waals surface area contributed by atoms with E-state index in [1.54, 1.807) is 0 Å². The lowest BCUT2D eigenvalue weighted by Crippen LogP contribution is -2.38. The summed E-state index contributed by atoms with van der Waals surface area (Å²) in [7, 11) is 0. The summed E-state index contributed by atoms with van der Waals surface area (Å²) >= 11 is 0. The minimum Gasteiger partial charge on any atom is -0.352 e. The molecule has 1 aromatic carbocycles. The highest BCUT2D eigenvalue weighted by atomic mass is 16.5. The van der Waals surface area contributed by atoms with E-state index in [1.165, 1.54) is 25.1 Å². The van der Waals surface area contributed by atoms with Crippen LogP contribution >= 0.6 is 0 Å². The standard InChI is InChI=1S/C24H36N4O2/c1-17-12-18(2)15-28(14-17)16-20-8-6-19(7-9-20)13-25-21(29)10-11-22-26-23(27-30-22)24(3,4)5/h6-9,17-18H,10-16H2,1-5H3,(H,25,29)/t17-,18-/m0/s1. The Hall–Kier alpha value is -2.21. The van der Waals surface area contributed by atoms with Crippen molar-refractivity contribution in [3.63, 3.8) is 0 Å². The second-order valence-electron chi connectivity index (χ2n) is 10.00. The van der Waals surface area contributed by atoms with Crippen molar-refractivity contribution in [2.24, 2.45) is 11.8 Å². The molecule has 1 N–H and O–H groups in total. The number of aromatic nitrogens is 2. The van der Waals surface area contributed by atoms with Gasteiger partial charge in [0, 0.05) is 44.4 Å². The Bertz CT molecular complexity index is 812. The number of nitrogens with zero attached hydrogens (tertiary/aromatic N) is 3. The minimum absolute atomic E-state index is 0.00845. The van der Waals surface area contributed by atoms with Gasteiger partial charge in [-0.15, -0.1) is 0 Å². The van der Waals surface area contributed by atoms with Gasteiger partial charge < -0.3 is 9.84 Å². The first-order chi connectivity index (χ1) is 14.2. The molecule has 1 saturated heterocycles. The third-order valence-corrected chi connectivity index (χ3v) is 5.57. The molecule has 6 nitrogen and oxygen atoms in total. The van der Waals surface area contributed by atoms with Gasteiger partial charge in [-0.05, 0) is 29.4 Å². The maximum atomic E-state index is 12.2. The molecule has 2 heterocycles. The molecule has 2 aromatic rings. The average Bonchev–Trinajstić information content (AvgIpc) is 3.14. The first kappa shape index (κ1) is 22.5. The SMILES string of the molecule is C[C@H]1C[C@H](C)CN(Cc2ccc(CNC(=O)CCc3nc(C(C)(C)C)no3)cc2)C1. The number of hydrogen-bond donors (Lipinski definition) is 1. The van der Waals surface area contributed by atoms with Gasteiger partial charge >= 0.3 is 0 Å². The van der Waals surface area contributed by atoms with E-state index in [4.69, 9.17) is 4.52 Å². The number of rotatable bonds is 7. The van der Waals surface area contributed by atoms with Crippen molar-refractivity contribution in [3.8, 4) is 0 Å². The van der Waals surface area contributed by atoms with Crippen LogP contribution in [0.5, 0.6) is 0 Å². The molecule has 1 aromatic heterocycles. The quantitative estimate of drug-likeness (QED) is 0.741. The molecule has 30 heavy (non-hydrogen) atoms. The molecule has 2 atom stereocenters. The molecule has 164 valence electrons. The van der Waals surface area contributed by atoms with Crippen molar-refractivity contribution in [1.29, 1.82) is 0 Å². The zero-order valence-electron chi connectivity index (χ0n) is 19.1. The number of carbonyl (C=O) groups excluding carboxylic acids is 1. The molecular formula is C24H36N4O2. The summed E-state index contributed by atoms with van der Waals surface area (Å²) in [5.41, 5.74) is 2.29. The molecule has 0 aliphatic carbocycles. The van der Waals surface area contributed by atoms with Crippen LogP contribution in [-0.2, 0) is 29.7 Å². The largest absolute Gasteiger partial charge is 0.352 e. The fourth-order valence-corrected chi connectivity index (χ4v) is 4.11. The van der Waals surface area contributed by atoms with Crippen molar-refractivity contribution in [2.75, 3.05) is 13.1 Å². The number of benzene rings is 1. The van der Waals surface area contributed by atoms with E-state index in [0.29, 0.717) is 31.1 Å². The van der Waals surface area contributed by atoms with E-state index >= 15 is 0 Å². The molecule has 1 aliphatic rings. The van der Waals surface area contributed by atoms with Gasteiger partial charge in [0.1, 0.15) is 0 Å². The van der Waals surface area contributed by atoms with E-state index in [1.807, 2.05) is 20.8 Å². The summed E-state index contributed by atoms with van der Waals surface area (Å²) in [6.07, 6.45) is 2.13. The molecule has 0 saturated carbocycles. The zero-order valence-corrected chi connectivity index (χ0v) is 19.1. The molecule has 0 unspecified atom stereocenters. The highest BCUT2D eigenvalue weighted by molar-refractivity contribution is 5.76. The Balaban J connectivity index is 1.41. The van der Waals surface area contributed by atoms with Crippen molar-refractivity contribution in [3.05, 3.63) is 47.1 Å². The van der Waals surface area contributed by atoms with Crippen LogP contribution in [-0.4, -0.2) is 34.0 Å². The van der Waals surface area contributed by atoms with Crippen molar-refractivity contribution < 1.29 is 9.32 Å². The lowest BCUT2D eigenvalue weighted by molar-refractivity contribution is -0.121. The number of carbonyl (C=O) groups is 1. The Morgan fingerprint density at radius 3 is 2.37 bits per heavy atom. The summed E-state index contributed by atoms with van der Waals surface area (Å²) in [4.78, 5) is 19.1. The molecule has 1 amide bonds. The topological polar surface area (TPSA) is 71.3 Å². The Kier molecular flexibility index (Phi) is 7.29. The lowest BCUT2D eigenvalue weighted by Gasteiger charge is -2.35. The summed E-state index contributed by atoms with van der Waals surface area (Å²) < 4.78 is 5.25. The summed E-state index contributed by atoms with van der Waals surface area (Å²) in [6.45, 7) is 14.7. The highest BCUT2D eigenvalue weighted by Gasteiger charge is 2.22. The molecule has 3 rings (SSSR count). The predicted molar refractivity (Wildman–Crippen MR) is 118 cm³/mol. The van der Waals surface area contributed by atoms with E-state index in [9.17, 15) is 4.79 Å². The smallest absolute Gasteiger partial charge is 0.227 e. The van der Waals surface area contributed by atoms with Crippen LogP contribution in [0, 0.1) is 11.8 Å². The van der Waals surface area contributed by atoms with Gasteiger partial charge in [0.2, 0.25) is 11.8 Å². The predicted octanol–water partition coefficient (Wildman–Crippen LogP) is 4.09. The number of piperidine rings is 1. The number of amides is 1. The normalized spacial score (nSPS) is 20.3. The van der Waals surface area contributed by atoms with Gasteiger partial charge in [-0.1, -0.05) is 64.0 Å². The second-order valence-corrected chi connectivity index (χ2v) is 10.00. The minimum atomic E-state index is -0.152. The lowest BCUT2D eigenvalue weighted by atomic mass is 9.91. The zero-order chi connectivity index (χ0) is 21.7. The van der Waals surface area contributed by atoms with Gasteiger partial charge in [-0.3, -0.25) is 9.69 Å². The summed E-state index contributed by atoms with van der Waals surface area (Å²) in [5, 5.41) is 6.98. The van der Waals surface area contributed by atoms with Crippen molar-refractivity contribution in [1.82, 2.24) is 20.4 Å². The van der Waals surface area contributed by atoms with E-state index in [2.05, 4.69) is 58.5 Å². The van der Waals surface area contributed by atoms with Gasteiger partial charge in [0.25, 0.3) is 0 Å². The molecule has 1 fully saturated rings. The van der Waals surface area contributed by atoms with E-state index in [0.717, 1.165) is 23.9 Å². The summed E-state index contributed by atoms with van der Waals surface area (Å²) in [6, 6.07) is 8.58. The Morgan fingerprint density at radius 2 is 1.77 bits per heavy atom. The van der Waals surface area contributed by atoms with Crippen LogP contribution in [0.4, 0.5) is 0 Å². The van der Waals surface area contributed by atoms with Crippen molar-refractivity contribution in [2.45, 2.75) is 72.4 Å². The van der Waals surface area contributed by atoms with Crippen molar-refractivity contribution >= 4 is 5.91 Å². The second kappa shape index (κ2) is 9.73. The maximum absolute atomic E-state index is 12.2. The third kappa shape index (κ3) is 6.66. The van der Waals surface area contributed by atoms with Crippen LogP contribution in [0.3, 0.4) is 0 Å². The monoisotopic (exact) mass is 412 g/mol. The molecule has 0 bridgehead atoms. The molecule has 1 aliphatic heterocycles. The molecular weight excluding hydrogens is 376 g/mol.